The van der Waals surface area contributed by atoms with E-state index in [1.807, 2.05) is 24.3 Å². The number of anilines is 2. The molecule has 0 amide bonds. The largest absolute Gasteiger partial charge is 0.481 e. The van der Waals surface area contributed by atoms with Gasteiger partial charge in [0.2, 0.25) is 0 Å². The number of nitrogens with zero attached hydrogens (tertiary/aromatic N) is 2. The lowest BCUT2D eigenvalue weighted by Gasteiger charge is -2.34. The molecule has 11 heteroatoms. The van der Waals surface area contributed by atoms with E-state index in [9.17, 15) is 26.7 Å². The Bertz CT molecular complexity index is 1300. The standard InChI is InChI=1S/C27H27F5N4O2/c28-26(29)9-11-36(12-10-26)24-8-4-17(14-21(24)27(30,31)32)23-15-22(34-35-23)16-1-5-19(6-2-16)33-20-7-3-18(13-20)25(37)38/h1-2,4-6,8,14-15,18,20,33H,3,7,9-13H2,(H,34,35)(H,37,38). The second-order valence-electron chi connectivity index (χ2n) is 10.0. The molecule has 2 aromatic carbocycles. The van der Waals surface area contributed by atoms with Crippen molar-refractivity contribution in [2.24, 2.45) is 5.92 Å². The third-order valence-electron chi connectivity index (χ3n) is 7.36. The average Bonchev–Trinajstić information content (AvgIpc) is 3.54. The first-order valence-electron chi connectivity index (χ1n) is 12.5. The summed E-state index contributed by atoms with van der Waals surface area (Å²) in [6.07, 6.45) is -3.61. The number of rotatable bonds is 6. The molecule has 3 aromatic rings. The molecule has 202 valence electrons. The van der Waals surface area contributed by atoms with E-state index in [4.69, 9.17) is 5.11 Å². The number of alkyl halides is 5. The topological polar surface area (TPSA) is 81.2 Å². The Balaban J connectivity index is 1.32. The van der Waals surface area contributed by atoms with E-state index in [0.717, 1.165) is 23.7 Å². The van der Waals surface area contributed by atoms with Crippen molar-refractivity contribution in [2.45, 2.75) is 50.2 Å². The maximum Gasteiger partial charge on any atom is 0.418 e. The monoisotopic (exact) mass is 534 g/mol. The number of hydrogen-bond acceptors (Lipinski definition) is 4. The molecule has 1 aliphatic carbocycles. The zero-order valence-electron chi connectivity index (χ0n) is 20.4. The SMILES string of the molecule is O=C(O)C1CCC(Nc2ccc(-c3cc(-c4ccc(N5CCC(F)(F)CC5)c(C(F)(F)F)c4)n[nH]3)cc2)C1. The lowest BCUT2D eigenvalue weighted by molar-refractivity contribution is -0.141. The first-order chi connectivity index (χ1) is 18.0. The molecule has 2 unspecified atom stereocenters. The predicted octanol–water partition coefficient (Wildman–Crippen LogP) is 6.66. The van der Waals surface area contributed by atoms with E-state index in [-0.39, 0.29) is 36.3 Å². The molecule has 1 saturated carbocycles. The van der Waals surface area contributed by atoms with Crippen LogP contribution in [-0.4, -0.2) is 46.3 Å². The minimum absolute atomic E-state index is 0.0907. The molecule has 0 spiro atoms. The van der Waals surface area contributed by atoms with Crippen molar-refractivity contribution in [3.8, 4) is 22.5 Å². The molecule has 5 rings (SSSR count). The van der Waals surface area contributed by atoms with Crippen LogP contribution in [0.1, 0.15) is 37.7 Å². The second kappa shape index (κ2) is 9.92. The van der Waals surface area contributed by atoms with Crippen molar-refractivity contribution in [1.29, 1.82) is 0 Å². The van der Waals surface area contributed by atoms with Crippen LogP contribution in [0.15, 0.2) is 48.5 Å². The summed E-state index contributed by atoms with van der Waals surface area (Å²) in [5.74, 6) is -3.95. The molecule has 6 nitrogen and oxygen atoms in total. The number of H-pyrrole nitrogens is 1. The highest BCUT2D eigenvalue weighted by atomic mass is 19.4. The van der Waals surface area contributed by atoms with Crippen LogP contribution in [0.4, 0.5) is 33.3 Å². The summed E-state index contributed by atoms with van der Waals surface area (Å²) in [7, 11) is 0. The Kier molecular flexibility index (Phi) is 6.79. The summed E-state index contributed by atoms with van der Waals surface area (Å²) in [5, 5.41) is 19.6. The number of hydrogen-bond donors (Lipinski definition) is 3. The van der Waals surface area contributed by atoms with Crippen LogP contribution >= 0.6 is 0 Å². The molecule has 38 heavy (non-hydrogen) atoms. The molecule has 2 aliphatic rings. The van der Waals surface area contributed by atoms with Crippen molar-refractivity contribution in [3.63, 3.8) is 0 Å². The summed E-state index contributed by atoms with van der Waals surface area (Å²) >= 11 is 0. The first kappa shape index (κ1) is 26.0. The van der Waals surface area contributed by atoms with E-state index in [1.54, 1.807) is 6.07 Å². The second-order valence-corrected chi connectivity index (χ2v) is 10.0. The van der Waals surface area contributed by atoms with Crippen molar-refractivity contribution >= 4 is 17.3 Å². The maximum atomic E-state index is 13.9. The minimum atomic E-state index is -4.66. The molecule has 2 heterocycles. The summed E-state index contributed by atoms with van der Waals surface area (Å²) in [6, 6.07) is 13.0. The number of carbonyl (C=O) groups is 1. The number of piperidine rings is 1. The Morgan fingerprint density at radius 2 is 1.71 bits per heavy atom. The Labute approximate surface area is 215 Å². The molecule has 1 saturated heterocycles. The van der Waals surface area contributed by atoms with Gasteiger partial charge in [-0.05, 0) is 55.2 Å². The summed E-state index contributed by atoms with van der Waals surface area (Å²) in [6.45, 7) is -0.290. The third kappa shape index (κ3) is 5.61. The van der Waals surface area contributed by atoms with Crippen molar-refractivity contribution in [3.05, 3.63) is 54.1 Å². The number of benzene rings is 2. The molecule has 0 bridgehead atoms. The molecule has 1 aromatic heterocycles. The smallest absolute Gasteiger partial charge is 0.418 e. The van der Waals surface area contributed by atoms with Gasteiger partial charge < -0.3 is 15.3 Å². The zero-order valence-corrected chi connectivity index (χ0v) is 20.4. The molecule has 2 atom stereocenters. The predicted molar refractivity (Wildman–Crippen MR) is 133 cm³/mol. The van der Waals surface area contributed by atoms with Gasteiger partial charge in [-0.3, -0.25) is 9.89 Å². The third-order valence-corrected chi connectivity index (χ3v) is 7.36. The van der Waals surface area contributed by atoms with E-state index >= 15 is 0 Å². The summed E-state index contributed by atoms with van der Waals surface area (Å²) in [4.78, 5) is 12.5. The van der Waals surface area contributed by atoms with E-state index in [0.29, 0.717) is 24.2 Å². The van der Waals surface area contributed by atoms with Gasteiger partial charge in [0, 0.05) is 48.9 Å². The number of carboxylic acids is 1. The number of aliphatic carboxylic acids is 1. The molecule has 0 radical (unpaired) electrons. The molecule has 2 fully saturated rings. The van der Waals surface area contributed by atoms with Crippen molar-refractivity contribution < 1.29 is 31.9 Å². The first-order valence-corrected chi connectivity index (χ1v) is 12.5. The summed E-state index contributed by atoms with van der Waals surface area (Å²) in [5.41, 5.74) is 1.86. The van der Waals surface area contributed by atoms with Gasteiger partial charge in [0.05, 0.1) is 22.9 Å². The molecule has 1 aliphatic heterocycles. The van der Waals surface area contributed by atoms with E-state index < -0.39 is 36.5 Å². The Hall–Kier alpha value is -3.63. The van der Waals surface area contributed by atoms with E-state index in [2.05, 4.69) is 15.5 Å². The van der Waals surface area contributed by atoms with Gasteiger partial charge in [0.15, 0.2) is 0 Å². The number of aromatic nitrogens is 2. The van der Waals surface area contributed by atoms with Gasteiger partial charge in [-0.15, -0.1) is 0 Å². The van der Waals surface area contributed by atoms with Gasteiger partial charge in [-0.2, -0.15) is 18.3 Å². The summed E-state index contributed by atoms with van der Waals surface area (Å²) < 4.78 is 68.8. The number of carboxylic acid groups (broad SMARTS) is 1. The Morgan fingerprint density at radius 3 is 2.34 bits per heavy atom. The minimum Gasteiger partial charge on any atom is -0.481 e. The van der Waals surface area contributed by atoms with Gasteiger partial charge in [0.1, 0.15) is 0 Å². The fraction of sp³-hybridized carbons (Fsp3) is 0.407. The number of aromatic amines is 1. The van der Waals surface area contributed by atoms with Crippen molar-refractivity contribution in [1.82, 2.24) is 10.2 Å². The van der Waals surface area contributed by atoms with Crippen LogP contribution in [0.5, 0.6) is 0 Å². The van der Waals surface area contributed by atoms with Crippen LogP contribution in [0.25, 0.3) is 22.5 Å². The van der Waals surface area contributed by atoms with Crippen LogP contribution < -0.4 is 10.2 Å². The van der Waals surface area contributed by atoms with Crippen LogP contribution in [0, 0.1) is 5.92 Å². The molecular formula is C27H27F5N4O2. The fourth-order valence-electron chi connectivity index (χ4n) is 5.21. The highest BCUT2D eigenvalue weighted by molar-refractivity contribution is 5.73. The van der Waals surface area contributed by atoms with Crippen LogP contribution in [0.3, 0.4) is 0 Å². The zero-order chi connectivity index (χ0) is 27.1. The van der Waals surface area contributed by atoms with Gasteiger partial charge >= 0.3 is 12.1 Å². The maximum absolute atomic E-state index is 13.9. The Morgan fingerprint density at radius 1 is 1.03 bits per heavy atom. The fourth-order valence-corrected chi connectivity index (χ4v) is 5.21. The molecule has 3 N–H and O–H groups in total. The van der Waals surface area contributed by atoms with Gasteiger partial charge in [-0.1, -0.05) is 18.2 Å². The molecular weight excluding hydrogens is 507 g/mol. The lowest BCUT2D eigenvalue weighted by Crippen LogP contribution is -2.40. The highest BCUT2D eigenvalue weighted by Gasteiger charge is 2.39. The number of halogens is 5. The van der Waals surface area contributed by atoms with Gasteiger partial charge in [0.25, 0.3) is 5.92 Å². The average molecular weight is 535 g/mol. The van der Waals surface area contributed by atoms with E-state index in [1.165, 1.54) is 17.0 Å². The van der Waals surface area contributed by atoms with Crippen LogP contribution in [0.2, 0.25) is 0 Å². The highest BCUT2D eigenvalue weighted by Crippen LogP contribution is 2.41. The number of nitrogens with one attached hydrogen (secondary N) is 2. The quantitative estimate of drug-likeness (QED) is 0.308. The van der Waals surface area contributed by atoms with Crippen molar-refractivity contribution in [2.75, 3.05) is 23.3 Å². The lowest BCUT2D eigenvalue weighted by atomic mass is 10.0. The van der Waals surface area contributed by atoms with Gasteiger partial charge in [-0.25, -0.2) is 8.78 Å². The van der Waals surface area contributed by atoms with Crippen LogP contribution in [-0.2, 0) is 11.0 Å². The normalized spacial score (nSPS) is 21.4.